The van der Waals surface area contributed by atoms with Crippen molar-refractivity contribution in [2.24, 2.45) is 9.98 Å². The highest BCUT2D eigenvalue weighted by Crippen LogP contribution is 2.41. The Morgan fingerprint density at radius 2 is 1.94 bits per heavy atom. The summed E-state index contributed by atoms with van der Waals surface area (Å²) in [6, 6.07) is 9.93. The van der Waals surface area contributed by atoms with Gasteiger partial charge in [-0.1, -0.05) is 56.1 Å². The second-order valence-corrected chi connectivity index (χ2v) is 8.32. The van der Waals surface area contributed by atoms with Crippen molar-refractivity contribution in [1.29, 1.82) is 0 Å². The maximum absolute atomic E-state index is 12.6. The average Bonchev–Trinajstić information content (AvgIpc) is 2.89. The van der Waals surface area contributed by atoms with Crippen molar-refractivity contribution in [3.05, 3.63) is 63.8 Å². The van der Waals surface area contributed by atoms with Crippen molar-refractivity contribution in [2.45, 2.75) is 33.2 Å². The Kier molecular flexibility index (Phi) is 11.0. The summed E-state index contributed by atoms with van der Waals surface area (Å²) in [5, 5.41) is 4.71. The molecule has 1 heterocycles. The highest BCUT2D eigenvalue weighted by molar-refractivity contribution is 6.36. The van der Waals surface area contributed by atoms with E-state index in [-0.39, 0.29) is 5.75 Å². The molecule has 8 nitrogen and oxygen atoms in total. The van der Waals surface area contributed by atoms with Gasteiger partial charge < -0.3 is 20.7 Å². The van der Waals surface area contributed by atoms with Gasteiger partial charge >= 0.3 is 6.09 Å². The third-order valence-corrected chi connectivity index (χ3v) is 5.69. The summed E-state index contributed by atoms with van der Waals surface area (Å²) in [4.78, 5) is 27.0. The number of hydrogen-bond donors (Lipinski definition) is 2. The quantitative estimate of drug-likeness (QED) is 0.227. The van der Waals surface area contributed by atoms with E-state index in [4.69, 9.17) is 33.7 Å². The van der Waals surface area contributed by atoms with Crippen molar-refractivity contribution in [3.8, 4) is 5.75 Å². The Labute approximate surface area is 222 Å². The van der Waals surface area contributed by atoms with Crippen molar-refractivity contribution < 1.29 is 9.53 Å². The molecular weight excluding hydrogens is 499 g/mol. The first-order chi connectivity index (χ1) is 17.3. The number of rotatable bonds is 5. The Hall–Kier alpha value is -3.36. The number of hydrogen-bond acceptors (Lipinski definition) is 5. The van der Waals surface area contributed by atoms with E-state index in [0.717, 1.165) is 6.42 Å². The number of benzene rings is 2. The van der Waals surface area contributed by atoms with Gasteiger partial charge in [0.15, 0.2) is 5.75 Å². The van der Waals surface area contributed by atoms with Gasteiger partial charge in [0.2, 0.25) is 5.96 Å². The first-order valence-corrected chi connectivity index (χ1v) is 12.3. The molecule has 36 heavy (non-hydrogen) atoms. The Morgan fingerprint density at radius 1 is 1.22 bits per heavy atom. The predicted octanol–water partition coefficient (Wildman–Crippen LogP) is 6.36. The molecule has 1 atom stereocenters. The van der Waals surface area contributed by atoms with E-state index < -0.39 is 12.1 Å². The topological polar surface area (TPSA) is 105 Å². The molecular formula is C26H32Cl2N6O2. The number of pyridine rings is 1. The summed E-state index contributed by atoms with van der Waals surface area (Å²) in [5.74, 6) is 0.595. The molecule has 3 N–H and O–H groups in total. The van der Waals surface area contributed by atoms with Gasteiger partial charge in [0.05, 0.1) is 21.8 Å². The lowest BCUT2D eigenvalue weighted by atomic mass is 9.95. The molecule has 1 unspecified atom stereocenters. The standard InChI is InChI=1S/C24H26Cl2N6O2.C2H6/c1-5-11-30-23(28-2)31-20(15-8-6-10-18(27)19(15)26)16-13-17(25)14-9-7-12-29-21(14)22(16)34-24(33)32(3)4;1-2/h6-13,20H,5,27H2,1-4H3,(H,28,31);1-2H3/b30-11-;. The van der Waals surface area contributed by atoms with Gasteiger partial charge in [-0.2, -0.15) is 0 Å². The zero-order chi connectivity index (χ0) is 26.8. The number of aliphatic imine (C=N–C) groups is 2. The van der Waals surface area contributed by atoms with E-state index in [0.29, 0.717) is 43.7 Å². The van der Waals surface area contributed by atoms with Crippen LogP contribution < -0.4 is 15.8 Å². The highest BCUT2D eigenvalue weighted by Gasteiger charge is 2.27. The van der Waals surface area contributed by atoms with Crippen LogP contribution in [0.1, 0.15) is 44.4 Å². The van der Waals surface area contributed by atoms with E-state index in [1.807, 2.05) is 32.9 Å². The van der Waals surface area contributed by atoms with Gasteiger partial charge in [-0.15, -0.1) is 0 Å². The van der Waals surface area contributed by atoms with Crippen LogP contribution in [0.3, 0.4) is 0 Å². The fourth-order valence-electron chi connectivity index (χ4n) is 3.28. The lowest BCUT2D eigenvalue weighted by Crippen LogP contribution is -2.30. The van der Waals surface area contributed by atoms with Crippen LogP contribution >= 0.6 is 23.2 Å². The van der Waals surface area contributed by atoms with Gasteiger partial charge in [-0.25, -0.2) is 9.79 Å². The monoisotopic (exact) mass is 530 g/mol. The number of amides is 1. The zero-order valence-electron chi connectivity index (χ0n) is 21.3. The van der Waals surface area contributed by atoms with Crippen LogP contribution in [0.2, 0.25) is 10.0 Å². The summed E-state index contributed by atoms with van der Waals surface area (Å²) < 4.78 is 5.82. The third-order valence-electron chi connectivity index (χ3n) is 4.94. The van der Waals surface area contributed by atoms with Gasteiger partial charge in [0.1, 0.15) is 5.52 Å². The fourth-order valence-corrected chi connectivity index (χ4v) is 3.78. The molecule has 0 saturated carbocycles. The van der Waals surface area contributed by atoms with Gasteiger partial charge in [0, 0.05) is 44.5 Å². The van der Waals surface area contributed by atoms with Crippen molar-refractivity contribution in [3.63, 3.8) is 0 Å². The Balaban J connectivity index is 0.00000222. The smallest absolute Gasteiger partial charge is 0.407 e. The van der Waals surface area contributed by atoms with Crippen molar-refractivity contribution >= 4 is 58.1 Å². The molecule has 1 amide bonds. The van der Waals surface area contributed by atoms with E-state index in [9.17, 15) is 4.79 Å². The van der Waals surface area contributed by atoms with E-state index in [1.54, 1.807) is 57.8 Å². The van der Waals surface area contributed by atoms with Crippen LogP contribution in [0.5, 0.6) is 5.75 Å². The molecule has 10 heteroatoms. The normalized spacial score (nSPS) is 12.2. The van der Waals surface area contributed by atoms with Crippen molar-refractivity contribution in [1.82, 2.24) is 15.2 Å². The number of ether oxygens (including phenoxy) is 1. The molecule has 1 aromatic heterocycles. The van der Waals surface area contributed by atoms with Gasteiger partial charge in [-0.05, 0) is 36.2 Å². The number of carbonyl (C=O) groups is 1. The SMILES string of the molecule is CC.CC/C=N\C(=NC)NC(c1cccc(N)c1Cl)c1cc(Cl)c2cccnc2c1OC(=O)N(C)C. The third kappa shape index (κ3) is 6.65. The number of nitrogens with one attached hydrogen (secondary N) is 1. The molecule has 0 saturated heterocycles. The predicted molar refractivity (Wildman–Crippen MR) is 151 cm³/mol. The van der Waals surface area contributed by atoms with Crippen LogP contribution in [-0.2, 0) is 0 Å². The van der Waals surface area contributed by atoms with E-state index in [1.165, 1.54) is 4.90 Å². The van der Waals surface area contributed by atoms with Gasteiger partial charge in [0.25, 0.3) is 0 Å². The first-order valence-electron chi connectivity index (χ1n) is 11.5. The summed E-state index contributed by atoms with van der Waals surface area (Å²) in [5.41, 5.74) is 8.08. The lowest BCUT2D eigenvalue weighted by molar-refractivity contribution is 0.172. The highest BCUT2D eigenvalue weighted by atomic mass is 35.5. The summed E-state index contributed by atoms with van der Waals surface area (Å²) in [7, 11) is 4.81. The Morgan fingerprint density at radius 3 is 2.58 bits per heavy atom. The number of fused-ring (bicyclic) bond motifs is 1. The Bertz CT molecular complexity index is 1260. The summed E-state index contributed by atoms with van der Waals surface area (Å²) >= 11 is 13.3. The molecule has 0 spiro atoms. The minimum atomic E-state index is -0.669. The molecule has 3 rings (SSSR count). The minimum absolute atomic E-state index is 0.240. The van der Waals surface area contributed by atoms with Crippen LogP contribution in [0.4, 0.5) is 10.5 Å². The number of guanidine groups is 1. The molecule has 3 aromatic rings. The second kappa shape index (κ2) is 13.7. The van der Waals surface area contributed by atoms with E-state index in [2.05, 4.69) is 20.3 Å². The first kappa shape index (κ1) is 28.9. The number of halogens is 2. The molecule has 192 valence electrons. The number of nitrogen functional groups attached to an aromatic ring is 1. The van der Waals surface area contributed by atoms with E-state index >= 15 is 0 Å². The molecule has 0 aliphatic heterocycles. The van der Waals surface area contributed by atoms with Gasteiger partial charge in [-0.3, -0.25) is 9.98 Å². The lowest BCUT2D eigenvalue weighted by Gasteiger charge is -2.25. The summed E-state index contributed by atoms with van der Waals surface area (Å²) in [6.45, 7) is 5.97. The maximum atomic E-state index is 12.6. The van der Waals surface area contributed by atoms with Crippen LogP contribution in [0.25, 0.3) is 10.9 Å². The molecule has 0 aliphatic carbocycles. The number of carbonyl (C=O) groups excluding carboxylic acids is 1. The van der Waals surface area contributed by atoms with Crippen molar-refractivity contribution in [2.75, 3.05) is 26.9 Å². The zero-order valence-corrected chi connectivity index (χ0v) is 22.9. The number of nitrogens with zero attached hydrogens (tertiary/aromatic N) is 4. The largest absolute Gasteiger partial charge is 0.414 e. The maximum Gasteiger partial charge on any atom is 0.414 e. The second-order valence-electron chi connectivity index (χ2n) is 7.53. The fraction of sp³-hybridized carbons (Fsp3) is 0.308. The number of aromatic nitrogens is 1. The van der Waals surface area contributed by atoms with Crippen LogP contribution in [-0.4, -0.2) is 49.3 Å². The molecule has 2 aromatic carbocycles. The number of nitrogens with two attached hydrogens (primary N) is 1. The summed E-state index contributed by atoms with van der Waals surface area (Å²) in [6.07, 6.45) is 3.49. The molecule has 0 fully saturated rings. The van der Waals surface area contributed by atoms with Crippen LogP contribution in [0, 0.1) is 0 Å². The molecule has 0 radical (unpaired) electrons. The number of anilines is 1. The average molecular weight is 531 g/mol. The van der Waals surface area contributed by atoms with Crippen LogP contribution in [0.15, 0.2) is 52.6 Å². The molecule has 0 bridgehead atoms. The minimum Gasteiger partial charge on any atom is -0.407 e. The molecule has 0 aliphatic rings.